The van der Waals surface area contributed by atoms with E-state index in [1.807, 2.05) is 0 Å². The van der Waals surface area contributed by atoms with Gasteiger partial charge in [-0.15, -0.1) is 0 Å². The number of alkyl halides is 5. The number of halogens is 6. The topological polar surface area (TPSA) is 39.2 Å². The largest absolute Gasteiger partial charge is 0.455 e. The lowest BCUT2D eigenvalue weighted by atomic mass is 10.1. The van der Waals surface area contributed by atoms with Crippen LogP contribution in [0.5, 0.6) is 0 Å². The number of rotatable bonds is 2. The molecule has 0 fully saturated rings. The summed E-state index contributed by atoms with van der Waals surface area (Å²) in [6.45, 7) is 0. The SMILES string of the molecule is N[C@H](c1ccc(Br)o1)C(F)(F)C(F)(F)F. The van der Waals surface area contributed by atoms with Crippen molar-refractivity contribution in [2.24, 2.45) is 5.73 Å². The Labute approximate surface area is 89.4 Å². The fraction of sp³-hybridized carbons (Fsp3) is 0.429. The summed E-state index contributed by atoms with van der Waals surface area (Å²) in [5, 5.41) is 0. The highest BCUT2D eigenvalue weighted by atomic mass is 79.9. The van der Waals surface area contributed by atoms with Gasteiger partial charge in [-0.2, -0.15) is 22.0 Å². The van der Waals surface area contributed by atoms with Crippen LogP contribution in [0.15, 0.2) is 21.2 Å². The van der Waals surface area contributed by atoms with E-state index in [4.69, 9.17) is 5.73 Å². The van der Waals surface area contributed by atoms with Crippen molar-refractivity contribution in [1.29, 1.82) is 0 Å². The lowest BCUT2D eigenvalue weighted by Gasteiger charge is -2.24. The second-order valence-corrected chi connectivity index (χ2v) is 3.52. The van der Waals surface area contributed by atoms with Crippen LogP contribution in [0.2, 0.25) is 0 Å². The zero-order valence-corrected chi connectivity index (χ0v) is 8.57. The quantitative estimate of drug-likeness (QED) is 0.850. The molecule has 0 spiro atoms. The number of nitrogens with two attached hydrogens (primary N) is 1. The van der Waals surface area contributed by atoms with E-state index in [2.05, 4.69) is 20.3 Å². The molecule has 1 aromatic heterocycles. The molecule has 1 aromatic rings. The van der Waals surface area contributed by atoms with Gasteiger partial charge in [0.15, 0.2) is 4.67 Å². The first-order valence-electron chi connectivity index (χ1n) is 3.61. The monoisotopic (exact) mass is 293 g/mol. The van der Waals surface area contributed by atoms with Crippen LogP contribution in [0.25, 0.3) is 0 Å². The van der Waals surface area contributed by atoms with Gasteiger partial charge in [0.05, 0.1) is 0 Å². The minimum absolute atomic E-state index is 0.0333. The molecule has 0 radical (unpaired) electrons. The van der Waals surface area contributed by atoms with Crippen molar-refractivity contribution >= 4 is 15.9 Å². The molecule has 15 heavy (non-hydrogen) atoms. The van der Waals surface area contributed by atoms with E-state index < -0.39 is 23.9 Å². The maximum atomic E-state index is 12.7. The second kappa shape index (κ2) is 3.75. The van der Waals surface area contributed by atoms with E-state index in [1.54, 1.807) is 0 Å². The smallest absolute Gasteiger partial charge is 0.452 e. The van der Waals surface area contributed by atoms with Gasteiger partial charge >= 0.3 is 12.1 Å². The summed E-state index contributed by atoms with van der Waals surface area (Å²) >= 11 is 2.77. The van der Waals surface area contributed by atoms with Crippen LogP contribution >= 0.6 is 15.9 Å². The molecule has 1 heterocycles. The van der Waals surface area contributed by atoms with Crippen LogP contribution < -0.4 is 5.73 Å². The van der Waals surface area contributed by atoms with Crippen molar-refractivity contribution < 1.29 is 26.4 Å². The van der Waals surface area contributed by atoms with Gasteiger partial charge in [-0.05, 0) is 28.1 Å². The predicted octanol–water partition coefficient (Wildman–Crippen LogP) is 3.24. The minimum atomic E-state index is -5.70. The average molecular weight is 294 g/mol. The van der Waals surface area contributed by atoms with Crippen LogP contribution in [0, 0.1) is 0 Å². The van der Waals surface area contributed by atoms with Crippen LogP contribution in [0.1, 0.15) is 11.8 Å². The van der Waals surface area contributed by atoms with E-state index in [1.165, 1.54) is 6.07 Å². The minimum Gasteiger partial charge on any atom is -0.452 e. The maximum absolute atomic E-state index is 12.7. The van der Waals surface area contributed by atoms with Gasteiger partial charge in [-0.3, -0.25) is 0 Å². The third-order valence-corrected chi connectivity index (χ3v) is 2.10. The highest BCUT2D eigenvalue weighted by molar-refractivity contribution is 9.10. The van der Waals surface area contributed by atoms with Crippen LogP contribution in [-0.4, -0.2) is 12.1 Å². The van der Waals surface area contributed by atoms with Gasteiger partial charge in [-0.1, -0.05) is 0 Å². The first kappa shape index (κ1) is 12.4. The predicted molar refractivity (Wildman–Crippen MR) is 44.3 cm³/mol. The summed E-state index contributed by atoms with van der Waals surface area (Å²) in [6, 6.07) is -0.417. The molecule has 2 nitrogen and oxygen atoms in total. The molecule has 1 atom stereocenters. The highest BCUT2D eigenvalue weighted by Crippen LogP contribution is 2.43. The van der Waals surface area contributed by atoms with E-state index in [-0.39, 0.29) is 4.67 Å². The third kappa shape index (κ3) is 2.31. The Bertz CT molecular complexity index is 347. The van der Waals surface area contributed by atoms with Crippen molar-refractivity contribution in [3.63, 3.8) is 0 Å². The molecule has 8 heteroatoms. The Balaban J connectivity index is 2.99. The van der Waals surface area contributed by atoms with Crippen molar-refractivity contribution in [1.82, 2.24) is 0 Å². The Morgan fingerprint density at radius 3 is 2.07 bits per heavy atom. The molecule has 0 aliphatic heterocycles. The molecule has 0 saturated carbocycles. The maximum Gasteiger partial charge on any atom is 0.455 e. The van der Waals surface area contributed by atoms with Gasteiger partial charge in [0.25, 0.3) is 0 Å². The molecular formula is C7H5BrF5NO. The van der Waals surface area contributed by atoms with E-state index in [0.29, 0.717) is 0 Å². The molecule has 1 rings (SSSR count). The molecule has 2 N–H and O–H groups in total. The van der Waals surface area contributed by atoms with Crippen molar-refractivity contribution in [2.45, 2.75) is 18.1 Å². The van der Waals surface area contributed by atoms with Crippen molar-refractivity contribution in [3.8, 4) is 0 Å². The molecule has 0 saturated heterocycles. The average Bonchev–Trinajstić information content (AvgIpc) is 2.48. The lowest BCUT2D eigenvalue weighted by molar-refractivity contribution is -0.292. The van der Waals surface area contributed by atoms with Crippen molar-refractivity contribution in [3.05, 3.63) is 22.6 Å². The number of hydrogen-bond acceptors (Lipinski definition) is 2. The number of hydrogen-bond donors (Lipinski definition) is 1. The zero-order chi connectivity index (χ0) is 11.9. The summed E-state index contributed by atoms with van der Waals surface area (Å²) in [4.78, 5) is 0. The Morgan fingerprint density at radius 2 is 1.73 bits per heavy atom. The summed E-state index contributed by atoms with van der Waals surface area (Å²) in [5.74, 6) is -5.66. The Morgan fingerprint density at radius 1 is 1.20 bits per heavy atom. The molecule has 0 bridgehead atoms. The molecule has 0 aliphatic carbocycles. The van der Waals surface area contributed by atoms with E-state index in [9.17, 15) is 22.0 Å². The first-order chi connectivity index (χ1) is 6.66. The van der Waals surface area contributed by atoms with Gasteiger partial charge < -0.3 is 10.2 Å². The molecule has 0 aliphatic rings. The first-order valence-corrected chi connectivity index (χ1v) is 4.41. The van der Waals surface area contributed by atoms with Crippen LogP contribution in [-0.2, 0) is 0 Å². The summed E-state index contributed by atoms with van der Waals surface area (Å²) < 4.78 is 65.6. The third-order valence-electron chi connectivity index (χ3n) is 1.67. The standard InChI is InChI=1S/C7H5BrF5NO/c8-4-2-1-3(15-4)5(14)6(9,10)7(11,12)13/h1-2,5H,14H2/t5-/m1/s1. The molecule has 0 unspecified atom stereocenters. The van der Waals surface area contributed by atoms with E-state index in [0.717, 1.165) is 6.07 Å². The Hall–Kier alpha value is -0.630. The molecule has 86 valence electrons. The summed E-state index contributed by atoms with van der Waals surface area (Å²) in [5.41, 5.74) is 4.79. The Kier molecular flexibility index (Phi) is 3.11. The summed E-state index contributed by atoms with van der Waals surface area (Å²) in [6.07, 6.45) is -5.70. The highest BCUT2D eigenvalue weighted by Gasteiger charge is 2.62. The van der Waals surface area contributed by atoms with Gasteiger partial charge in [0, 0.05) is 0 Å². The fourth-order valence-corrected chi connectivity index (χ4v) is 1.17. The lowest BCUT2D eigenvalue weighted by Crippen LogP contribution is -2.45. The van der Waals surface area contributed by atoms with Crippen LogP contribution in [0.3, 0.4) is 0 Å². The zero-order valence-electron chi connectivity index (χ0n) is 6.99. The number of furan rings is 1. The van der Waals surface area contributed by atoms with Crippen molar-refractivity contribution in [2.75, 3.05) is 0 Å². The molecule has 0 aromatic carbocycles. The van der Waals surface area contributed by atoms with E-state index >= 15 is 0 Å². The van der Waals surface area contributed by atoms with Gasteiger partial charge in [-0.25, -0.2) is 0 Å². The van der Waals surface area contributed by atoms with Gasteiger partial charge in [0.1, 0.15) is 11.8 Å². The summed E-state index contributed by atoms with van der Waals surface area (Å²) in [7, 11) is 0. The molecule has 0 amide bonds. The van der Waals surface area contributed by atoms with Crippen LogP contribution in [0.4, 0.5) is 22.0 Å². The molecular weight excluding hydrogens is 289 g/mol. The fourth-order valence-electron chi connectivity index (χ4n) is 0.850. The second-order valence-electron chi connectivity index (χ2n) is 2.74. The normalized spacial score (nSPS) is 15.4. The van der Waals surface area contributed by atoms with Gasteiger partial charge in [0.2, 0.25) is 0 Å².